The molecule has 116 valence electrons. The molecular formula is C16H17NO4S. The van der Waals surface area contributed by atoms with Gasteiger partial charge in [0, 0.05) is 18.3 Å². The molecule has 0 radical (unpaired) electrons. The molecule has 0 aliphatic carbocycles. The number of aliphatic carboxylic acids is 1. The second-order valence-electron chi connectivity index (χ2n) is 5.48. The number of likely N-dealkylation sites (N-methyl/N-ethyl adjacent to an activating group) is 1. The molecule has 3 rings (SSSR count). The Hall–Kier alpha value is -1.92. The van der Waals surface area contributed by atoms with Gasteiger partial charge in [0.05, 0.1) is 0 Å². The van der Waals surface area contributed by atoms with E-state index in [1.807, 2.05) is 18.2 Å². The standard InChI is InChI=1S/C16H17NO4S/c1-17(15(18)12-6-7-13(21-12)16(19)20)8-10-9-22-14-5-3-2-4-11(10)14/h2-5,9,12-13H,6-8H2,1H3,(H,19,20)/t12-,13+/m0/s1. The quantitative estimate of drug-likeness (QED) is 0.940. The number of carboxylic acids is 1. The van der Waals surface area contributed by atoms with Crippen molar-refractivity contribution in [2.45, 2.75) is 31.6 Å². The minimum Gasteiger partial charge on any atom is -0.479 e. The van der Waals surface area contributed by atoms with Gasteiger partial charge in [0.25, 0.3) is 5.91 Å². The number of carboxylic acid groups (broad SMARTS) is 1. The Labute approximate surface area is 132 Å². The van der Waals surface area contributed by atoms with E-state index in [2.05, 4.69) is 11.4 Å². The molecule has 5 nitrogen and oxygen atoms in total. The van der Waals surface area contributed by atoms with Gasteiger partial charge >= 0.3 is 5.97 Å². The molecule has 22 heavy (non-hydrogen) atoms. The van der Waals surface area contributed by atoms with E-state index in [1.54, 1.807) is 23.3 Å². The molecule has 0 spiro atoms. The highest BCUT2D eigenvalue weighted by Gasteiger charge is 2.36. The second-order valence-corrected chi connectivity index (χ2v) is 6.39. The molecule has 1 N–H and O–H groups in total. The predicted octanol–water partition coefficient (Wildman–Crippen LogP) is 2.49. The maximum atomic E-state index is 12.4. The number of thiophene rings is 1. The number of hydrogen-bond donors (Lipinski definition) is 1. The number of ether oxygens (including phenoxy) is 1. The summed E-state index contributed by atoms with van der Waals surface area (Å²) in [5.41, 5.74) is 1.10. The summed E-state index contributed by atoms with van der Waals surface area (Å²) in [7, 11) is 1.73. The summed E-state index contributed by atoms with van der Waals surface area (Å²) < 4.78 is 6.52. The molecule has 0 saturated carbocycles. The van der Waals surface area contributed by atoms with Crippen molar-refractivity contribution in [3.8, 4) is 0 Å². The number of hydrogen-bond acceptors (Lipinski definition) is 4. The van der Waals surface area contributed by atoms with Crippen LogP contribution < -0.4 is 0 Å². The maximum Gasteiger partial charge on any atom is 0.332 e. The van der Waals surface area contributed by atoms with Crippen LogP contribution in [-0.4, -0.2) is 41.1 Å². The summed E-state index contributed by atoms with van der Waals surface area (Å²) in [5.74, 6) is -1.15. The van der Waals surface area contributed by atoms with Gasteiger partial charge in [-0.05, 0) is 35.2 Å². The molecule has 1 aliphatic rings. The fourth-order valence-electron chi connectivity index (χ4n) is 2.73. The van der Waals surface area contributed by atoms with E-state index < -0.39 is 18.2 Å². The van der Waals surface area contributed by atoms with E-state index in [-0.39, 0.29) is 5.91 Å². The van der Waals surface area contributed by atoms with E-state index in [0.717, 1.165) is 10.9 Å². The van der Waals surface area contributed by atoms with E-state index in [4.69, 9.17) is 9.84 Å². The van der Waals surface area contributed by atoms with Gasteiger partial charge in [0.15, 0.2) is 6.10 Å². The maximum absolute atomic E-state index is 12.4. The third-order valence-corrected chi connectivity index (χ3v) is 4.93. The van der Waals surface area contributed by atoms with Gasteiger partial charge in [0.2, 0.25) is 0 Å². The van der Waals surface area contributed by atoms with Gasteiger partial charge in [-0.15, -0.1) is 11.3 Å². The Kier molecular flexibility index (Phi) is 4.13. The van der Waals surface area contributed by atoms with Crippen LogP contribution in [0.2, 0.25) is 0 Å². The Morgan fingerprint density at radius 1 is 1.32 bits per heavy atom. The molecule has 0 unspecified atom stereocenters. The molecule has 1 aromatic carbocycles. The van der Waals surface area contributed by atoms with E-state index >= 15 is 0 Å². The minimum absolute atomic E-state index is 0.154. The zero-order valence-corrected chi connectivity index (χ0v) is 13.0. The molecule has 2 heterocycles. The number of benzene rings is 1. The number of nitrogens with zero attached hydrogens (tertiary/aromatic N) is 1. The lowest BCUT2D eigenvalue weighted by molar-refractivity contribution is -0.154. The Bertz CT molecular complexity index is 711. The molecule has 1 aliphatic heterocycles. The van der Waals surface area contributed by atoms with Crippen LogP contribution in [0.15, 0.2) is 29.6 Å². The molecule has 6 heteroatoms. The monoisotopic (exact) mass is 319 g/mol. The van der Waals surface area contributed by atoms with Crippen molar-refractivity contribution >= 4 is 33.3 Å². The zero-order valence-electron chi connectivity index (χ0n) is 12.2. The van der Waals surface area contributed by atoms with Crippen LogP contribution in [0.3, 0.4) is 0 Å². The molecule has 1 aromatic heterocycles. The van der Waals surface area contributed by atoms with Crippen LogP contribution >= 0.6 is 11.3 Å². The second kappa shape index (κ2) is 6.06. The Morgan fingerprint density at radius 3 is 2.77 bits per heavy atom. The van der Waals surface area contributed by atoms with Crippen LogP contribution in [-0.2, 0) is 20.9 Å². The van der Waals surface area contributed by atoms with Crippen molar-refractivity contribution in [2.75, 3.05) is 7.05 Å². The van der Waals surface area contributed by atoms with Gasteiger partial charge in [-0.2, -0.15) is 0 Å². The topological polar surface area (TPSA) is 66.8 Å². The van der Waals surface area contributed by atoms with Crippen molar-refractivity contribution in [3.63, 3.8) is 0 Å². The van der Waals surface area contributed by atoms with Gasteiger partial charge in [-0.1, -0.05) is 18.2 Å². The van der Waals surface area contributed by atoms with E-state index in [9.17, 15) is 9.59 Å². The third-order valence-electron chi connectivity index (χ3n) is 3.92. The number of fused-ring (bicyclic) bond motifs is 1. The first-order chi connectivity index (χ1) is 10.6. The van der Waals surface area contributed by atoms with Crippen LogP contribution in [0, 0.1) is 0 Å². The highest BCUT2D eigenvalue weighted by atomic mass is 32.1. The van der Waals surface area contributed by atoms with Gasteiger partial charge in [0.1, 0.15) is 6.10 Å². The highest BCUT2D eigenvalue weighted by Crippen LogP contribution is 2.27. The first-order valence-electron chi connectivity index (χ1n) is 7.14. The van der Waals surface area contributed by atoms with E-state index in [0.29, 0.717) is 19.4 Å². The van der Waals surface area contributed by atoms with Crippen molar-refractivity contribution < 1.29 is 19.4 Å². The first kappa shape index (κ1) is 15.0. The van der Waals surface area contributed by atoms with Crippen molar-refractivity contribution in [3.05, 3.63) is 35.2 Å². The SMILES string of the molecule is CN(Cc1csc2ccccc12)C(=O)[C@@H]1CC[C@H](C(=O)O)O1. The Morgan fingerprint density at radius 2 is 2.05 bits per heavy atom. The first-order valence-corrected chi connectivity index (χ1v) is 8.02. The molecule has 1 saturated heterocycles. The number of carbonyl (C=O) groups excluding carboxylic acids is 1. The lowest BCUT2D eigenvalue weighted by Crippen LogP contribution is -2.36. The summed E-state index contributed by atoms with van der Waals surface area (Å²) in [6.07, 6.45) is -0.647. The van der Waals surface area contributed by atoms with Crippen LogP contribution in [0.25, 0.3) is 10.1 Å². The molecule has 1 fully saturated rings. The number of carbonyl (C=O) groups is 2. The largest absolute Gasteiger partial charge is 0.479 e. The highest BCUT2D eigenvalue weighted by molar-refractivity contribution is 7.17. The predicted molar refractivity (Wildman–Crippen MR) is 83.8 cm³/mol. The molecule has 2 aromatic rings. The summed E-state index contributed by atoms with van der Waals surface area (Å²) in [6.45, 7) is 0.500. The molecule has 1 amide bonds. The van der Waals surface area contributed by atoms with Crippen molar-refractivity contribution in [1.29, 1.82) is 0 Å². The van der Waals surface area contributed by atoms with Gasteiger partial charge < -0.3 is 14.7 Å². The smallest absolute Gasteiger partial charge is 0.332 e. The molecule has 2 atom stereocenters. The van der Waals surface area contributed by atoms with Gasteiger partial charge in [-0.3, -0.25) is 4.79 Å². The average Bonchev–Trinajstić information content (AvgIpc) is 3.14. The summed E-state index contributed by atoms with van der Waals surface area (Å²) in [5, 5.41) is 12.1. The van der Waals surface area contributed by atoms with Crippen LogP contribution in [0.4, 0.5) is 0 Å². The van der Waals surface area contributed by atoms with Crippen LogP contribution in [0.1, 0.15) is 18.4 Å². The summed E-state index contributed by atoms with van der Waals surface area (Å²) in [6, 6.07) is 8.09. The third kappa shape index (κ3) is 2.84. The Balaban J connectivity index is 1.68. The fraction of sp³-hybridized carbons (Fsp3) is 0.375. The van der Waals surface area contributed by atoms with E-state index in [1.165, 1.54) is 4.70 Å². The zero-order chi connectivity index (χ0) is 15.7. The van der Waals surface area contributed by atoms with Gasteiger partial charge in [-0.25, -0.2) is 4.79 Å². The molecular weight excluding hydrogens is 302 g/mol. The summed E-state index contributed by atoms with van der Waals surface area (Å²) >= 11 is 1.66. The van der Waals surface area contributed by atoms with Crippen molar-refractivity contribution in [1.82, 2.24) is 4.90 Å². The lowest BCUT2D eigenvalue weighted by Gasteiger charge is -2.20. The summed E-state index contributed by atoms with van der Waals surface area (Å²) in [4.78, 5) is 24.9. The minimum atomic E-state index is -0.998. The van der Waals surface area contributed by atoms with Crippen LogP contribution in [0.5, 0.6) is 0 Å². The number of rotatable bonds is 4. The van der Waals surface area contributed by atoms with Crippen molar-refractivity contribution in [2.24, 2.45) is 0 Å². The normalized spacial score (nSPS) is 21.1. The fourth-order valence-corrected chi connectivity index (χ4v) is 3.69. The lowest BCUT2D eigenvalue weighted by atomic mass is 10.1. The number of amides is 1. The average molecular weight is 319 g/mol. The molecule has 0 bridgehead atoms.